The van der Waals surface area contributed by atoms with Crippen LogP contribution >= 0.6 is 0 Å². The summed E-state index contributed by atoms with van der Waals surface area (Å²) in [6, 6.07) is 9.36. The van der Waals surface area contributed by atoms with Crippen LogP contribution in [0.1, 0.15) is 18.4 Å². The summed E-state index contributed by atoms with van der Waals surface area (Å²) in [6.45, 7) is 6.52. The molecule has 0 saturated carbocycles. The molecule has 2 fully saturated rings. The second kappa shape index (κ2) is 10.2. The molecule has 2 aromatic rings. The Labute approximate surface area is 194 Å². The van der Waals surface area contributed by atoms with Gasteiger partial charge in [-0.3, -0.25) is 19.3 Å². The quantitative estimate of drug-likeness (QED) is 0.730. The average molecular weight is 453 g/mol. The predicted octanol–water partition coefficient (Wildman–Crippen LogP) is 1.09. The normalized spacial score (nSPS) is 17.8. The molecule has 176 valence electrons. The van der Waals surface area contributed by atoms with Crippen molar-refractivity contribution < 1.29 is 9.59 Å². The third kappa shape index (κ3) is 5.78. The lowest BCUT2D eigenvalue weighted by Gasteiger charge is -2.38. The zero-order valence-electron chi connectivity index (χ0n) is 19.4. The number of anilines is 2. The lowest BCUT2D eigenvalue weighted by atomic mass is 9.94. The van der Waals surface area contributed by atoms with Gasteiger partial charge in [0.1, 0.15) is 0 Å². The number of aromatic nitrogens is 2. The first kappa shape index (κ1) is 23.0. The predicted molar refractivity (Wildman–Crippen MR) is 127 cm³/mol. The molecule has 2 aliphatic heterocycles. The molecule has 0 radical (unpaired) electrons. The van der Waals surface area contributed by atoms with E-state index in [4.69, 9.17) is 0 Å². The molecule has 0 atom stereocenters. The van der Waals surface area contributed by atoms with E-state index in [1.54, 1.807) is 19.3 Å². The third-order valence-electron chi connectivity index (χ3n) is 6.55. The van der Waals surface area contributed by atoms with Crippen molar-refractivity contribution in [3.63, 3.8) is 0 Å². The minimum atomic E-state index is -0.129. The van der Waals surface area contributed by atoms with Crippen molar-refractivity contribution in [2.45, 2.75) is 19.8 Å². The smallest absolute Gasteiger partial charge is 0.268 e. The molecule has 2 amide bonds. The summed E-state index contributed by atoms with van der Waals surface area (Å²) < 4.78 is 1.31. The van der Waals surface area contributed by atoms with Crippen LogP contribution in [0.2, 0.25) is 0 Å². The molecule has 0 aliphatic carbocycles. The highest BCUT2D eigenvalue weighted by atomic mass is 16.2. The molecule has 1 aromatic carbocycles. The minimum absolute atomic E-state index is 0.0112. The van der Waals surface area contributed by atoms with Crippen LogP contribution in [-0.4, -0.2) is 77.2 Å². The standard InChI is InChI=1S/C24H32N6O3/c1-18-3-5-20(6-4-18)26-22(31)17-28-11-13-30(14-12-28)24(33)19-7-9-29(10-8-19)21-15-23(32)27(2)25-16-21/h3-6,15-16,19H,7-14,17H2,1-2H3,(H,26,31). The van der Waals surface area contributed by atoms with Crippen LogP contribution in [0, 0.1) is 12.8 Å². The first-order chi connectivity index (χ1) is 15.9. The number of carbonyl (C=O) groups is 2. The number of hydrogen-bond donors (Lipinski definition) is 1. The number of rotatable bonds is 5. The SMILES string of the molecule is Cc1ccc(NC(=O)CN2CCN(C(=O)C3CCN(c4cnn(C)c(=O)c4)CC3)CC2)cc1. The van der Waals surface area contributed by atoms with Gasteiger partial charge in [-0.1, -0.05) is 17.7 Å². The number of amides is 2. The molecule has 4 rings (SSSR count). The third-order valence-corrected chi connectivity index (χ3v) is 6.55. The van der Waals surface area contributed by atoms with Crippen LogP contribution in [0.3, 0.4) is 0 Å². The van der Waals surface area contributed by atoms with Gasteiger partial charge in [0.25, 0.3) is 5.56 Å². The zero-order chi connectivity index (χ0) is 23.4. The van der Waals surface area contributed by atoms with Gasteiger partial charge in [0, 0.05) is 64.0 Å². The van der Waals surface area contributed by atoms with E-state index in [2.05, 4.69) is 20.2 Å². The molecule has 0 spiro atoms. The highest BCUT2D eigenvalue weighted by Crippen LogP contribution is 2.24. The Morgan fingerprint density at radius 3 is 2.33 bits per heavy atom. The van der Waals surface area contributed by atoms with Crippen molar-refractivity contribution in [3.8, 4) is 0 Å². The van der Waals surface area contributed by atoms with Crippen LogP contribution in [0.5, 0.6) is 0 Å². The fourth-order valence-electron chi connectivity index (χ4n) is 4.44. The Bertz CT molecular complexity index is 1030. The van der Waals surface area contributed by atoms with Gasteiger partial charge in [-0.15, -0.1) is 0 Å². The Morgan fingerprint density at radius 2 is 1.70 bits per heavy atom. The second-order valence-electron chi connectivity index (χ2n) is 8.95. The van der Waals surface area contributed by atoms with Gasteiger partial charge in [-0.25, -0.2) is 4.68 Å². The first-order valence-corrected chi connectivity index (χ1v) is 11.5. The highest BCUT2D eigenvalue weighted by Gasteiger charge is 2.31. The molecule has 9 nitrogen and oxygen atoms in total. The summed E-state index contributed by atoms with van der Waals surface area (Å²) in [5.41, 5.74) is 2.65. The number of aryl methyl sites for hydroxylation is 2. The van der Waals surface area contributed by atoms with E-state index in [1.165, 1.54) is 4.68 Å². The van der Waals surface area contributed by atoms with Crippen molar-refractivity contribution >= 4 is 23.2 Å². The molecule has 1 N–H and O–H groups in total. The van der Waals surface area contributed by atoms with Gasteiger partial charge in [-0.2, -0.15) is 5.10 Å². The Hall–Kier alpha value is -3.20. The molecule has 0 unspecified atom stereocenters. The van der Waals surface area contributed by atoms with E-state index in [-0.39, 0.29) is 23.3 Å². The Kier molecular flexibility index (Phi) is 7.08. The lowest BCUT2D eigenvalue weighted by molar-refractivity contribution is -0.138. The topological polar surface area (TPSA) is 90.8 Å². The van der Waals surface area contributed by atoms with E-state index >= 15 is 0 Å². The summed E-state index contributed by atoms with van der Waals surface area (Å²) in [5.74, 6) is 0.189. The number of carbonyl (C=O) groups excluding carboxylic acids is 2. The number of piperazine rings is 1. The monoisotopic (exact) mass is 452 g/mol. The lowest BCUT2D eigenvalue weighted by Crippen LogP contribution is -2.52. The van der Waals surface area contributed by atoms with Crippen molar-refractivity contribution in [2.75, 3.05) is 56.0 Å². The average Bonchev–Trinajstić information content (AvgIpc) is 2.82. The molecule has 0 bridgehead atoms. The largest absolute Gasteiger partial charge is 0.370 e. The minimum Gasteiger partial charge on any atom is -0.370 e. The number of hydrogen-bond acceptors (Lipinski definition) is 6. The summed E-state index contributed by atoms with van der Waals surface area (Å²) in [6.07, 6.45) is 3.25. The van der Waals surface area contributed by atoms with Gasteiger partial charge >= 0.3 is 0 Å². The van der Waals surface area contributed by atoms with E-state index in [1.807, 2.05) is 36.1 Å². The zero-order valence-corrected chi connectivity index (χ0v) is 19.4. The number of piperidine rings is 1. The van der Waals surface area contributed by atoms with Gasteiger partial charge < -0.3 is 15.1 Å². The molecule has 2 aliphatic rings. The van der Waals surface area contributed by atoms with E-state index < -0.39 is 0 Å². The number of nitrogens with zero attached hydrogens (tertiary/aromatic N) is 5. The van der Waals surface area contributed by atoms with Crippen LogP contribution in [0.4, 0.5) is 11.4 Å². The first-order valence-electron chi connectivity index (χ1n) is 11.5. The highest BCUT2D eigenvalue weighted by molar-refractivity contribution is 5.92. The second-order valence-corrected chi connectivity index (χ2v) is 8.95. The molecular formula is C24H32N6O3. The number of nitrogens with one attached hydrogen (secondary N) is 1. The molecule has 3 heterocycles. The van der Waals surface area contributed by atoms with E-state index in [0.717, 1.165) is 42.9 Å². The van der Waals surface area contributed by atoms with Gasteiger partial charge in [0.2, 0.25) is 11.8 Å². The van der Waals surface area contributed by atoms with Crippen LogP contribution in [0.25, 0.3) is 0 Å². The Balaban J connectivity index is 1.21. The van der Waals surface area contributed by atoms with Crippen LogP contribution in [0.15, 0.2) is 41.3 Å². The van der Waals surface area contributed by atoms with E-state index in [9.17, 15) is 14.4 Å². The molecular weight excluding hydrogens is 420 g/mol. The maximum Gasteiger partial charge on any atom is 0.268 e. The van der Waals surface area contributed by atoms with Crippen molar-refractivity contribution in [2.24, 2.45) is 13.0 Å². The maximum absolute atomic E-state index is 13.0. The van der Waals surface area contributed by atoms with Gasteiger partial charge in [0.05, 0.1) is 18.4 Å². The van der Waals surface area contributed by atoms with Gasteiger partial charge in [-0.05, 0) is 31.9 Å². The fourth-order valence-corrected chi connectivity index (χ4v) is 4.44. The Morgan fingerprint density at radius 1 is 1.03 bits per heavy atom. The molecule has 9 heteroatoms. The fraction of sp³-hybridized carbons (Fsp3) is 0.500. The maximum atomic E-state index is 13.0. The van der Waals surface area contributed by atoms with E-state index in [0.29, 0.717) is 32.7 Å². The summed E-state index contributed by atoms with van der Waals surface area (Å²) in [7, 11) is 1.63. The van der Waals surface area contributed by atoms with Gasteiger partial charge in [0.15, 0.2) is 0 Å². The summed E-state index contributed by atoms with van der Waals surface area (Å²) in [4.78, 5) is 43.4. The number of benzene rings is 1. The molecule has 2 saturated heterocycles. The van der Waals surface area contributed by atoms with Crippen molar-refractivity contribution in [1.82, 2.24) is 19.6 Å². The van der Waals surface area contributed by atoms with Crippen LogP contribution in [-0.2, 0) is 16.6 Å². The van der Waals surface area contributed by atoms with Crippen molar-refractivity contribution in [1.29, 1.82) is 0 Å². The molecule has 1 aromatic heterocycles. The van der Waals surface area contributed by atoms with Crippen molar-refractivity contribution in [3.05, 3.63) is 52.4 Å². The van der Waals surface area contributed by atoms with Crippen LogP contribution < -0.4 is 15.8 Å². The summed E-state index contributed by atoms with van der Waals surface area (Å²) in [5, 5.41) is 7.03. The molecule has 33 heavy (non-hydrogen) atoms. The summed E-state index contributed by atoms with van der Waals surface area (Å²) >= 11 is 0.